The summed E-state index contributed by atoms with van der Waals surface area (Å²) in [6, 6.07) is 25.0. The van der Waals surface area contributed by atoms with Gasteiger partial charge in [-0.3, -0.25) is 10.1 Å². The first kappa shape index (κ1) is 24.3. The average molecular weight is 497 g/mol. The van der Waals surface area contributed by atoms with Crippen molar-refractivity contribution in [3.63, 3.8) is 0 Å². The van der Waals surface area contributed by atoms with E-state index >= 15 is 0 Å². The molecule has 7 heteroatoms. The molecular weight excluding hydrogens is 468 g/mol. The van der Waals surface area contributed by atoms with Gasteiger partial charge in [-0.05, 0) is 48.4 Å². The van der Waals surface area contributed by atoms with Crippen molar-refractivity contribution < 1.29 is 24.0 Å². The lowest BCUT2D eigenvalue weighted by Gasteiger charge is -2.14. The number of nitrogens with zero attached hydrogens (tertiary/aromatic N) is 1. The molecule has 0 saturated heterocycles. The Labute approximate surface area is 215 Å². The van der Waals surface area contributed by atoms with Gasteiger partial charge in [0, 0.05) is 5.56 Å². The number of carboxylic acid groups (broad SMARTS) is 1. The van der Waals surface area contributed by atoms with Crippen LogP contribution in [0.5, 0.6) is 0 Å². The molecule has 1 aliphatic carbocycles. The van der Waals surface area contributed by atoms with Crippen molar-refractivity contribution in [2.75, 3.05) is 5.32 Å². The fourth-order valence-electron chi connectivity index (χ4n) is 4.52. The Kier molecular flexibility index (Phi) is 6.53. The fourth-order valence-corrected chi connectivity index (χ4v) is 4.52. The molecule has 1 saturated carbocycles. The summed E-state index contributed by atoms with van der Waals surface area (Å²) in [6.45, 7) is 3.76. The average Bonchev–Trinajstić information content (AvgIpc) is 3.65. The Morgan fingerprint density at radius 2 is 1.57 bits per heavy atom. The lowest BCUT2D eigenvalue weighted by molar-refractivity contribution is -0.140. The van der Waals surface area contributed by atoms with E-state index in [2.05, 4.69) is 10.5 Å². The summed E-state index contributed by atoms with van der Waals surface area (Å²) in [5, 5.41) is 16.5. The second-order valence-corrected chi connectivity index (χ2v) is 9.31. The third kappa shape index (κ3) is 4.85. The van der Waals surface area contributed by atoms with Gasteiger partial charge in [-0.15, -0.1) is 0 Å². The first-order chi connectivity index (χ1) is 17.9. The van der Waals surface area contributed by atoms with Crippen molar-refractivity contribution >= 4 is 17.7 Å². The van der Waals surface area contributed by atoms with Crippen LogP contribution in [0.2, 0.25) is 0 Å². The molecule has 7 nitrogen and oxygen atoms in total. The Bertz CT molecular complexity index is 1400. The SMILES string of the molecule is CCc1noc(-c2ccc(-c3ccc(C4(C(=O)O)CC4)cc3)cc2)c1NC(=O)OC(C)c1ccccc1. The van der Waals surface area contributed by atoms with Crippen LogP contribution < -0.4 is 5.32 Å². The normalized spacial score (nSPS) is 14.5. The van der Waals surface area contributed by atoms with Crippen LogP contribution in [0.25, 0.3) is 22.5 Å². The van der Waals surface area contributed by atoms with Gasteiger partial charge in [0.25, 0.3) is 0 Å². The van der Waals surface area contributed by atoms with E-state index in [1.165, 1.54) is 0 Å². The Balaban J connectivity index is 1.32. The summed E-state index contributed by atoms with van der Waals surface area (Å²) in [7, 11) is 0. The quantitative estimate of drug-likeness (QED) is 0.272. The maximum atomic E-state index is 12.7. The number of aryl methyl sites for hydroxylation is 1. The number of amides is 1. The minimum Gasteiger partial charge on any atom is -0.481 e. The number of anilines is 1. The van der Waals surface area contributed by atoms with Gasteiger partial charge in [-0.25, -0.2) is 4.79 Å². The molecule has 4 aromatic rings. The monoisotopic (exact) mass is 496 g/mol. The molecule has 1 heterocycles. The van der Waals surface area contributed by atoms with Gasteiger partial charge in [0.2, 0.25) is 0 Å². The number of nitrogens with one attached hydrogen (secondary N) is 1. The first-order valence-electron chi connectivity index (χ1n) is 12.4. The molecule has 0 bridgehead atoms. The maximum Gasteiger partial charge on any atom is 0.412 e. The maximum absolute atomic E-state index is 12.7. The Morgan fingerprint density at radius 1 is 0.973 bits per heavy atom. The van der Waals surface area contributed by atoms with E-state index in [0.29, 0.717) is 36.4 Å². The van der Waals surface area contributed by atoms with Crippen molar-refractivity contribution in [2.45, 2.75) is 44.6 Å². The van der Waals surface area contributed by atoms with E-state index in [1.807, 2.05) is 92.7 Å². The summed E-state index contributed by atoms with van der Waals surface area (Å²) in [5.41, 5.74) is 4.89. The van der Waals surface area contributed by atoms with E-state index in [4.69, 9.17) is 9.26 Å². The lowest BCUT2D eigenvalue weighted by Crippen LogP contribution is -2.19. The number of carboxylic acids is 1. The zero-order valence-corrected chi connectivity index (χ0v) is 20.7. The van der Waals surface area contributed by atoms with Gasteiger partial charge in [-0.1, -0.05) is 90.9 Å². The molecular formula is C30H28N2O5. The molecule has 3 aromatic carbocycles. The minimum absolute atomic E-state index is 0.412. The van der Waals surface area contributed by atoms with Gasteiger partial charge >= 0.3 is 12.1 Å². The predicted molar refractivity (Wildman–Crippen MR) is 140 cm³/mol. The zero-order valence-electron chi connectivity index (χ0n) is 20.7. The highest BCUT2D eigenvalue weighted by Crippen LogP contribution is 2.48. The highest BCUT2D eigenvalue weighted by atomic mass is 16.6. The van der Waals surface area contributed by atoms with Gasteiger partial charge in [-0.2, -0.15) is 0 Å². The fraction of sp³-hybridized carbons (Fsp3) is 0.233. The summed E-state index contributed by atoms with van der Waals surface area (Å²) in [5.74, 6) is -0.300. The van der Waals surface area contributed by atoms with E-state index in [0.717, 1.165) is 27.8 Å². The molecule has 1 aliphatic rings. The summed E-state index contributed by atoms with van der Waals surface area (Å²) in [6.07, 6.45) is 0.952. The zero-order chi connectivity index (χ0) is 26.0. The molecule has 1 fully saturated rings. The van der Waals surface area contributed by atoms with E-state index in [9.17, 15) is 14.7 Å². The highest BCUT2D eigenvalue weighted by Gasteiger charge is 2.51. The predicted octanol–water partition coefficient (Wildman–Crippen LogP) is 7.00. The van der Waals surface area contributed by atoms with Crippen LogP contribution in [0.4, 0.5) is 10.5 Å². The number of aliphatic carboxylic acids is 1. The van der Waals surface area contributed by atoms with Gasteiger partial charge < -0.3 is 14.4 Å². The lowest BCUT2D eigenvalue weighted by atomic mass is 9.93. The highest BCUT2D eigenvalue weighted by molar-refractivity contribution is 5.91. The number of rotatable bonds is 8. The smallest absolute Gasteiger partial charge is 0.412 e. The molecule has 0 spiro atoms. The summed E-state index contributed by atoms with van der Waals surface area (Å²) < 4.78 is 11.2. The van der Waals surface area contributed by atoms with Crippen LogP contribution in [0.1, 0.15) is 49.6 Å². The number of carbonyl (C=O) groups is 2. The number of benzene rings is 3. The molecule has 0 aliphatic heterocycles. The molecule has 1 aromatic heterocycles. The number of hydrogen-bond acceptors (Lipinski definition) is 5. The molecule has 1 unspecified atom stereocenters. The van der Waals surface area contributed by atoms with Gasteiger partial charge in [0.15, 0.2) is 5.76 Å². The molecule has 0 radical (unpaired) electrons. The van der Waals surface area contributed by atoms with Crippen LogP contribution in [0.3, 0.4) is 0 Å². The van der Waals surface area contributed by atoms with Crippen molar-refractivity contribution in [2.24, 2.45) is 0 Å². The van der Waals surface area contributed by atoms with Crippen molar-refractivity contribution in [3.05, 3.63) is 95.7 Å². The standard InChI is InChI=1S/C30H28N2O5/c1-3-25-26(31-29(35)36-19(2)20-7-5-4-6-8-20)27(37-32-25)23-11-9-21(10-12-23)22-13-15-24(16-14-22)30(17-18-30)28(33)34/h4-16,19H,3,17-18H2,1-2H3,(H,31,35)(H,33,34). The molecule has 1 atom stereocenters. The first-order valence-corrected chi connectivity index (χ1v) is 12.4. The van der Waals surface area contributed by atoms with Crippen LogP contribution in [-0.2, 0) is 21.4 Å². The second kappa shape index (κ2) is 9.93. The number of hydrogen-bond donors (Lipinski definition) is 2. The number of carbonyl (C=O) groups excluding carboxylic acids is 1. The Morgan fingerprint density at radius 3 is 2.14 bits per heavy atom. The van der Waals surface area contributed by atoms with Crippen LogP contribution in [0.15, 0.2) is 83.4 Å². The third-order valence-corrected chi connectivity index (χ3v) is 6.95. The van der Waals surface area contributed by atoms with Crippen LogP contribution in [0, 0.1) is 0 Å². The molecule has 5 rings (SSSR count). The van der Waals surface area contributed by atoms with Crippen molar-refractivity contribution in [1.29, 1.82) is 0 Å². The third-order valence-electron chi connectivity index (χ3n) is 6.95. The molecule has 188 valence electrons. The number of ether oxygens (including phenoxy) is 1. The summed E-state index contributed by atoms with van der Waals surface area (Å²) in [4.78, 5) is 24.3. The minimum atomic E-state index is -0.758. The van der Waals surface area contributed by atoms with E-state index in [-0.39, 0.29) is 0 Å². The van der Waals surface area contributed by atoms with Crippen LogP contribution in [-0.4, -0.2) is 22.3 Å². The van der Waals surface area contributed by atoms with E-state index < -0.39 is 23.6 Å². The largest absolute Gasteiger partial charge is 0.481 e. The van der Waals surface area contributed by atoms with Crippen molar-refractivity contribution in [1.82, 2.24) is 5.16 Å². The molecule has 37 heavy (non-hydrogen) atoms. The van der Waals surface area contributed by atoms with Crippen LogP contribution >= 0.6 is 0 Å². The number of aromatic nitrogens is 1. The molecule has 1 amide bonds. The van der Waals surface area contributed by atoms with Gasteiger partial charge in [0.05, 0.1) is 5.41 Å². The van der Waals surface area contributed by atoms with Crippen molar-refractivity contribution in [3.8, 4) is 22.5 Å². The van der Waals surface area contributed by atoms with E-state index in [1.54, 1.807) is 0 Å². The topological polar surface area (TPSA) is 102 Å². The molecule has 2 N–H and O–H groups in total. The van der Waals surface area contributed by atoms with Gasteiger partial charge in [0.1, 0.15) is 17.5 Å². The second-order valence-electron chi connectivity index (χ2n) is 9.31. The summed E-state index contributed by atoms with van der Waals surface area (Å²) >= 11 is 0. The Hall–Kier alpha value is -4.39.